The molecule has 0 radical (unpaired) electrons. The van der Waals surface area contributed by atoms with Crippen LogP contribution in [0.2, 0.25) is 0 Å². The van der Waals surface area contributed by atoms with Crippen LogP contribution in [-0.4, -0.2) is 67.5 Å². The maximum absolute atomic E-state index is 13.8. The summed E-state index contributed by atoms with van der Waals surface area (Å²) in [5.41, 5.74) is 6.52. The Balaban J connectivity index is 1.80. The zero-order valence-corrected chi connectivity index (χ0v) is 28.9. The SMILES string of the molecule is CC(C)CN(CC(O)C(Cc1ccccc1)NC(=O)C(NC(=O)CNCc1cc(F)cc(F)c1)C(C)(C)C)S(=O)(=O)c1ccc(N)cc1. The number of hydrogen-bond acceptors (Lipinski definition) is 7. The largest absolute Gasteiger partial charge is 0.399 e. The lowest BCUT2D eigenvalue weighted by Crippen LogP contribution is -2.59. The Morgan fingerprint density at radius 2 is 1.50 bits per heavy atom. The Bertz CT molecular complexity index is 1600. The van der Waals surface area contributed by atoms with Crippen molar-refractivity contribution in [2.24, 2.45) is 11.3 Å². The molecule has 262 valence electrons. The second kappa shape index (κ2) is 17.0. The van der Waals surface area contributed by atoms with Crippen LogP contribution in [0, 0.1) is 23.0 Å². The van der Waals surface area contributed by atoms with Crippen LogP contribution in [0.1, 0.15) is 45.7 Å². The highest BCUT2D eigenvalue weighted by Crippen LogP contribution is 2.22. The number of anilines is 1. The van der Waals surface area contributed by atoms with Gasteiger partial charge in [0.05, 0.1) is 23.6 Å². The van der Waals surface area contributed by atoms with Crippen LogP contribution in [0.4, 0.5) is 14.5 Å². The summed E-state index contributed by atoms with van der Waals surface area (Å²) < 4.78 is 55.6. The Labute approximate surface area is 282 Å². The number of nitrogens with zero attached hydrogens (tertiary/aromatic N) is 1. The zero-order chi connectivity index (χ0) is 35.6. The molecule has 3 atom stereocenters. The van der Waals surface area contributed by atoms with Gasteiger partial charge >= 0.3 is 0 Å². The molecule has 0 bridgehead atoms. The van der Waals surface area contributed by atoms with Crippen molar-refractivity contribution in [2.45, 2.75) is 70.7 Å². The number of carbonyl (C=O) groups excluding carboxylic acids is 2. The average Bonchev–Trinajstić information content (AvgIpc) is 2.98. The van der Waals surface area contributed by atoms with E-state index in [2.05, 4.69) is 16.0 Å². The molecule has 3 aromatic rings. The monoisotopic (exact) mass is 687 g/mol. The molecule has 10 nitrogen and oxygen atoms in total. The van der Waals surface area contributed by atoms with E-state index in [1.807, 2.05) is 44.2 Å². The van der Waals surface area contributed by atoms with Crippen molar-refractivity contribution in [3.63, 3.8) is 0 Å². The topological polar surface area (TPSA) is 154 Å². The predicted molar refractivity (Wildman–Crippen MR) is 182 cm³/mol. The van der Waals surface area contributed by atoms with Crippen molar-refractivity contribution in [3.05, 3.63) is 95.6 Å². The van der Waals surface area contributed by atoms with Crippen molar-refractivity contribution >= 4 is 27.5 Å². The summed E-state index contributed by atoms with van der Waals surface area (Å²) in [5.74, 6) is -2.64. The first-order valence-corrected chi connectivity index (χ1v) is 17.2. The van der Waals surface area contributed by atoms with E-state index >= 15 is 0 Å². The summed E-state index contributed by atoms with van der Waals surface area (Å²) in [5, 5.41) is 20.0. The average molecular weight is 688 g/mol. The summed E-state index contributed by atoms with van der Waals surface area (Å²) in [6.07, 6.45) is -1.15. The number of carbonyl (C=O) groups is 2. The first kappa shape index (κ1) is 38.5. The molecular weight excluding hydrogens is 640 g/mol. The minimum atomic E-state index is -4.03. The summed E-state index contributed by atoms with van der Waals surface area (Å²) in [4.78, 5) is 26.8. The minimum Gasteiger partial charge on any atom is -0.399 e. The van der Waals surface area contributed by atoms with Crippen molar-refractivity contribution in [3.8, 4) is 0 Å². The maximum atomic E-state index is 13.8. The molecule has 0 aliphatic heterocycles. The molecule has 0 aromatic heterocycles. The van der Waals surface area contributed by atoms with E-state index in [1.54, 1.807) is 20.8 Å². The number of amides is 2. The van der Waals surface area contributed by atoms with Crippen molar-refractivity contribution in [2.75, 3.05) is 25.4 Å². The molecule has 0 saturated carbocycles. The summed E-state index contributed by atoms with van der Waals surface area (Å²) in [6.45, 7) is 8.64. The normalized spacial score (nSPS) is 14.0. The van der Waals surface area contributed by atoms with Crippen LogP contribution in [-0.2, 0) is 32.6 Å². The number of nitrogen functional groups attached to an aromatic ring is 1. The van der Waals surface area contributed by atoms with Crippen molar-refractivity contribution in [1.82, 2.24) is 20.3 Å². The smallest absolute Gasteiger partial charge is 0.243 e. The lowest BCUT2D eigenvalue weighted by atomic mass is 9.85. The number of aliphatic hydroxyl groups excluding tert-OH is 1. The lowest BCUT2D eigenvalue weighted by Gasteiger charge is -2.34. The Morgan fingerprint density at radius 1 is 0.896 bits per heavy atom. The standard InChI is InChI=1S/C35H47F2N5O5S/c1-23(2)21-42(48(46,47)29-13-11-28(38)12-14-29)22-31(43)30(17-24-9-7-6-8-10-24)40-34(45)33(35(3,4)5)41-32(44)20-39-19-25-15-26(36)18-27(37)16-25/h6-16,18,23,30-31,33,39,43H,17,19-22,38H2,1-5H3,(H,40,45)(H,41,44). The molecule has 48 heavy (non-hydrogen) atoms. The Hall–Kier alpha value is -3.91. The van der Waals surface area contributed by atoms with Gasteiger partial charge in [-0.3, -0.25) is 9.59 Å². The van der Waals surface area contributed by atoms with Crippen LogP contribution in [0.5, 0.6) is 0 Å². The van der Waals surface area contributed by atoms with Gasteiger partial charge < -0.3 is 26.8 Å². The zero-order valence-electron chi connectivity index (χ0n) is 28.0. The van der Waals surface area contributed by atoms with Gasteiger partial charge in [0.1, 0.15) is 17.7 Å². The number of hydrogen-bond donors (Lipinski definition) is 5. The minimum absolute atomic E-state index is 0.0198. The van der Waals surface area contributed by atoms with E-state index in [0.29, 0.717) is 11.3 Å². The summed E-state index contributed by atoms with van der Waals surface area (Å²) >= 11 is 0. The number of sulfonamides is 1. The number of aliphatic hydroxyl groups is 1. The van der Waals surface area contributed by atoms with Gasteiger partial charge in [-0.2, -0.15) is 4.31 Å². The quantitative estimate of drug-likeness (QED) is 0.144. The first-order chi connectivity index (χ1) is 22.4. The van der Waals surface area contributed by atoms with Crippen LogP contribution in [0.25, 0.3) is 0 Å². The molecule has 6 N–H and O–H groups in total. The van der Waals surface area contributed by atoms with Gasteiger partial charge in [-0.15, -0.1) is 0 Å². The van der Waals surface area contributed by atoms with E-state index in [9.17, 15) is 31.9 Å². The van der Waals surface area contributed by atoms with Gasteiger partial charge in [-0.25, -0.2) is 17.2 Å². The highest BCUT2D eigenvalue weighted by atomic mass is 32.2. The fraction of sp³-hybridized carbons (Fsp3) is 0.429. The summed E-state index contributed by atoms with van der Waals surface area (Å²) in [6, 6.07) is 16.0. The molecule has 3 aromatic carbocycles. The van der Waals surface area contributed by atoms with Crippen LogP contribution in [0.15, 0.2) is 77.7 Å². The molecule has 0 aliphatic rings. The van der Waals surface area contributed by atoms with Gasteiger partial charge in [0.2, 0.25) is 21.8 Å². The molecular formula is C35H47F2N5O5S. The van der Waals surface area contributed by atoms with E-state index < -0.39 is 57.1 Å². The first-order valence-electron chi connectivity index (χ1n) is 15.8. The van der Waals surface area contributed by atoms with E-state index in [1.165, 1.54) is 28.6 Å². The van der Waals surface area contributed by atoms with E-state index in [-0.39, 0.29) is 43.4 Å². The van der Waals surface area contributed by atoms with Crippen molar-refractivity contribution in [1.29, 1.82) is 0 Å². The van der Waals surface area contributed by atoms with Gasteiger partial charge in [0.25, 0.3) is 0 Å². The van der Waals surface area contributed by atoms with E-state index in [4.69, 9.17) is 5.73 Å². The number of nitrogens with two attached hydrogens (primary N) is 1. The molecule has 0 saturated heterocycles. The highest BCUT2D eigenvalue weighted by Gasteiger charge is 2.36. The summed E-state index contributed by atoms with van der Waals surface area (Å²) in [7, 11) is -4.03. The van der Waals surface area contributed by atoms with Crippen LogP contribution in [0.3, 0.4) is 0 Å². The third-order valence-corrected chi connectivity index (χ3v) is 9.38. The molecule has 0 aliphatic carbocycles. The second-order valence-corrected chi connectivity index (χ2v) is 15.3. The molecule has 0 spiro atoms. The van der Waals surface area contributed by atoms with Crippen LogP contribution < -0.4 is 21.7 Å². The Morgan fingerprint density at radius 3 is 2.06 bits per heavy atom. The second-order valence-electron chi connectivity index (χ2n) is 13.4. The number of rotatable bonds is 16. The van der Waals surface area contributed by atoms with E-state index in [0.717, 1.165) is 23.8 Å². The van der Waals surface area contributed by atoms with Gasteiger partial charge in [-0.05, 0) is 65.3 Å². The molecule has 0 fully saturated rings. The van der Waals surface area contributed by atoms with Gasteiger partial charge in [0.15, 0.2) is 0 Å². The Kier molecular flexibility index (Phi) is 13.6. The molecule has 2 amide bonds. The fourth-order valence-electron chi connectivity index (χ4n) is 5.14. The van der Waals surface area contributed by atoms with Gasteiger partial charge in [0, 0.05) is 31.4 Å². The molecule has 13 heteroatoms. The molecule has 3 rings (SSSR count). The predicted octanol–water partition coefficient (Wildman–Crippen LogP) is 3.60. The number of halogens is 2. The fourth-order valence-corrected chi connectivity index (χ4v) is 6.76. The third-order valence-electron chi connectivity index (χ3n) is 7.54. The third kappa shape index (κ3) is 11.7. The number of benzene rings is 3. The lowest BCUT2D eigenvalue weighted by molar-refractivity contribution is -0.132. The molecule has 0 heterocycles. The molecule has 3 unspecified atom stereocenters. The van der Waals surface area contributed by atoms with Crippen LogP contribution >= 0.6 is 0 Å². The maximum Gasteiger partial charge on any atom is 0.243 e. The number of nitrogens with one attached hydrogen (secondary N) is 3. The highest BCUT2D eigenvalue weighted by molar-refractivity contribution is 7.89. The van der Waals surface area contributed by atoms with Gasteiger partial charge in [-0.1, -0.05) is 65.0 Å². The van der Waals surface area contributed by atoms with Crippen molar-refractivity contribution < 1.29 is 31.9 Å².